The van der Waals surface area contributed by atoms with Gasteiger partial charge in [0, 0.05) is 12.1 Å². The minimum Gasteiger partial charge on any atom is -0.370 e. The SMILES string of the molecule is CN1CCCCC1c1nn(-c2ccccc2C#N)c2c1CCCCN2. The number of aromatic nitrogens is 2. The first kappa shape index (κ1) is 16.2. The summed E-state index contributed by atoms with van der Waals surface area (Å²) < 4.78 is 1.98. The fraction of sp³-hybridized carbons (Fsp3) is 0.500. The summed E-state index contributed by atoms with van der Waals surface area (Å²) in [6.07, 6.45) is 7.13. The first-order valence-corrected chi connectivity index (χ1v) is 9.35. The number of piperidine rings is 1. The van der Waals surface area contributed by atoms with Crippen molar-refractivity contribution >= 4 is 5.82 Å². The van der Waals surface area contributed by atoms with Gasteiger partial charge in [-0.2, -0.15) is 10.4 Å². The van der Waals surface area contributed by atoms with Crippen molar-refractivity contribution in [3.05, 3.63) is 41.1 Å². The Morgan fingerprint density at radius 3 is 2.92 bits per heavy atom. The van der Waals surface area contributed by atoms with Gasteiger partial charge in [-0.3, -0.25) is 4.90 Å². The normalized spacial score (nSPS) is 21.0. The Hall–Kier alpha value is -2.32. The van der Waals surface area contributed by atoms with Crippen LogP contribution in [0.1, 0.15) is 55.0 Å². The third kappa shape index (κ3) is 2.91. The van der Waals surface area contributed by atoms with Crippen LogP contribution in [-0.2, 0) is 6.42 Å². The summed E-state index contributed by atoms with van der Waals surface area (Å²) in [5.41, 5.74) is 4.10. The Bertz CT molecular complexity index is 801. The molecule has 1 aromatic heterocycles. The van der Waals surface area contributed by atoms with Gasteiger partial charge in [-0.25, -0.2) is 4.68 Å². The van der Waals surface area contributed by atoms with Gasteiger partial charge in [0.2, 0.25) is 0 Å². The number of rotatable bonds is 2. The Balaban J connectivity index is 1.86. The molecule has 25 heavy (non-hydrogen) atoms. The van der Waals surface area contributed by atoms with Crippen molar-refractivity contribution < 1.29 is 0 Å². The van der Waals surface area contributed by atoms with Crippen molar-refractivity contribution in [3.8, 4) is 11.8 Å². The Kier molecular flexibility index (Phi) is 4.46. The van der Waals surface area contributed by atoms with Crippen LogP contribution in [0.2, 0.25) is 0 Å². The zero-order valence-electron chi connectivity index (χ0n) is 14.8. The lowest BCUT2D eigenvalue weighted by molar-refractivity contribution is 0.182. The van der Waals surface area contributed by atoms with Crippen LogP contribution in [0.4, 0.5) is 5.82 Å². The van der Waals surface area contributed by atoms with E-state index in [0.717, 1.165) is 31.0 Å². The number of hydrogen-bond acceptors (Lipinski definition) is 4. The summed E-state index contributed by atoms with van der Waals surface area (Å²) in [6.45, 7) is 2.10. The quantitative estimate of drug-likeness (QED) is 0.910. The van der Waals surface area contributed by atoms with Crippen molar-refractivity contribution in [1.29, 1.82) is 5.26 Å². The second kappa shape index (κ2) is 6.89. The number of nitrogens with one attached hydrogen (secondary N) is 1. The van der Waals surface area contributed by atoms with Crippen molar-refractivity contribution in [3.63, 3.8) is 0 Å². The average Bonchev–Trinajstić information content (AvgIpc) is 2.83. The number of anilines is 1. The molecular formula is C20H25N5. The maximum Gasteiger partial charge on any atom is 0.133 e. The van der Waals surface area contributed by atoms with E-state index < -0.39 is 0 Å². The molecule has 1 aromatic carbocycles. The maximum atomic E-state index is 9.52. The van der Waals surface area contributed by atoms with E-state index in [4.69, 9.17) is 5.10 Å². The van der Waals surface area contributed by atoms with Gasteiger partial charge in [0.15, 0.2) is 0 Å². The second-order valence-electron chi connectivity index (χ2n) is 7.13. The fourth-order valence-corrected chi connectivity index (χ4v) is 4.14. The molecular weight excluding hydrogens is 310 g/mol. The van der Waals surface area contributed by atoms with Crippen LogP contribution in [0.3, 0.4) is 0 Å². The van der Waals surface area contributed by atoms with Gasteiger partial charge in [0.1, 0.15) is 11.9 Å². The minimum absolute atomic E-state index is 0.387. The van der Waals surface area contributed by atoms with Gasteiger partial charge in [-0.15, -0.1) is 0 Å². The highest BCUT2D eigenvalue weighted by atomic mass is 15.4. The molecule has 1 unspecified atom stereocenters. The maximum absolute atomic E-state index is 9.52. The first-order valence-electron chi connectivity index (χ1n) is 9.35. The van der Waals surface area contributed by atoms with Crippen LogP contribution in [0.15, 0.2) is 24.3 Å². The summed E-state index contributed by atoms with van der Waals surface area (Å²) in [6, 6.07) is 10.5. The standard InChI is InChI=1S/C20H25N5/c1-24-13-7-5-11-18(24)19-16-9-4-6-12-22-20(16)25(23-19)17-10-3-2-8-15(17)14-21/h2-3,8,10,18,22H,4-7,9,11-13H2,1H3. The second-order valence-corrected chi connectivity index (χ2v) is 7.13. The zero-order valence-corrected chi connectivity index (χ0v) is 14.8. The number of nitrogens with zero attached hydrogens (tertiary/aromatic N) is 4. The lowest BCUT2D eigenvalue weighted by Gasteiger charge is -2.31. The van der Waals surface area contributed by atoms with E-state index in [2.05, 4.69) is 23.3 Å². The van der Waals surface area contributed by atoms with Crippen LogP contribution in [0.5, 0.6) is 0 Å². The van der Waals surface area contributed by atoms with Crippen molar-refractivity contribution in [2.75, 3.05) is 25.5 Å². The summed E-state index contributed by atoms with van der Waals surface area (Å²) in [5.74, 6) is 1.09. The molecule has 130 valence electrons. The molecule has 0 spiro atoms. The number of benzene rings is 1. The summed E-state index contributed by atoms with van der Waals surface area (Å²) >= 11 is 0. The average molecular weight is 335 g/mol. The molecule has 5 heteroatoms. The molecule has 2 aliphatic heterocycles. The van der Waals surface area contributed by atoms with Crippen molar-refractivity contribution in [2.45, 2.75) is 44.6 Å². The first-order chi connectivity index (χ1) is 12.3. The Morgan fingerprint density at radius 1 is 1.20 bits per heavy atom. The van der Waals surface area contributed by atoms with Gasteiger partial charge in [-0.05, 0) is 57.8 Å². The summed E-state index contributed by atoms with van der Waals surface area (Å²) in [5, 5.41) is 18.2. The highest BCUT2D eigenvalue weighted by Gasteiger charge is 2.30. The molecule has 0 radical (unpaired) electrons. The molecule has 5 nitrogen and oxygen atoms in total. The number of para-hydroxylation sites is 1. The predicted molar refractivity (Wildman–Crippen MR) is 98.9 cm³/mol. The highest BCUT2D eigenvalue weighted by Crippen LogP contribution is 2.37. The van der Waals surface area contributed by atoms with E-state index in [1.807, 2.05) is 28.9 Å². The van der Waals surface area contributed by atoms with Crippen molar-refractivity contribution in [2.24, 2.45) is 0 Å². The van der Waals surface area contributed by atoms with Crippen LogP contribution >= 0.6 is 0 Å². The molecule has 2 aromatic rings. The predicted octanol–water partition coefficient (Wildman–Crippen LogP) is 3.65. The summed E-state index contributed by atoms with van der Waals surface area (Å²) in [4.78, 5) is 2.44. The van der Waals surface area contributed by atoms with Crippen LogP contribution in [-0.4, -0.2) is 34.8 Å². The van der Waals surface area contributed by atoms with Gasteiger partial charge in [-0.1, -0.05) is 18.6 Å². The minimum atomic E-state index is 0.387. The van der Waals surface area contributed by atoms with Crippen LogP contribution in [0.25, 0.3) is 5.69 Å². The third-order valence-corrected chi connectivity index (χ3v) is 5.50. The Labute approximate surface area is 149 Å². The number of likely N-dealkylation sites (tertiary alicyclic amines) is 1. The monoisotopic (exact) mass is 335 g/mol. The molecule has 1 saturated heterocycles. The summed E-state index contributed by atoms with van der Waals surface area (Å²) in [7, 11) is 2.21. The lowest BCUT2D eigenvalue weighted by atomic mass is 9.96. The van der Waals surface area contributed by atoms with Gasteiger partial charge < -0.3 is 5.32 Å². The van der Waals surface area contributed by atoms with E-state index >= 15 is 0 Å². The third-order valence-electron chi connectivity index (χ3n) is 5.50. The molecule has 2 aliphatic rings. The van der Waals surface area contributed by atoms with Gasteiger partial charge in [0.05, 0.1) is 23.0 Å². The fourth-order valence-electron chi connectivity index (χ4n) is 4.14. The molecule has 0 saturated carbocycles. The molecule has 0 amide bonds. The molecule has 4 rings (SSSR count). The van der Waals surface area contributed by atoms with E-state index in [0.29, 0.717) is 11.6 Å². The molecule has 3 heterocycles. The van der Waals surface area contributed by atoms with Crippen molar-refractivity contribution in [1.82, 2.24) is 14.7 Å². The molecule has 1 N–H and O–H groups in total. The molecule has 1 fully saturated rings. The number of hydrogen-bond donors (Lipinski definition) is 1. The van der Waals surface area contributed by atoms with E-state index in [1.54, 1.807) is 0 Å². The lowest BCUT2D eigenvalue weighted by Crippen LogP contribution is -2.30. The highest BCUT2D eigenvalue weighted by molar-refractivity contribution is 5.58. The number of nitriles is 1. The van der Waals surface area contributed by atoms with Crippen LogP contribution in [0, 0.1) is 11.3 Å². The van der Waals surface area contributed by atoms with Crippen LogP contribution < -0.4 is 5.32 Å². The van der Waals surface area contributed by atoms with Gasteiger partial charge in [0.25, 0.3) is 0 Å². The Morgan fingerprint density at radius 2 is 2.08 bits per heavy atom. The van der Waals surface area contributed by atoms with E-state index in [-0.39, 0.29) is 0 Å². The molecule has 0 aliphatic carbocycles. The number of fused-ring (bicyclic) bond motifs is 1. The van der Waals surface area contributed by atoms with Gasteiger partial charge >= 0.3 is 0 Å². The molecule has 0 bridgehead atoms. The van der Waals surface area contributed by atoms with E-state index in [1.165, 1.54) is 43.4 Å². The smallest absolute Gasteiger partial charge is 0.133 e. The largest absolute Gasteiger partial charge is 0.370 e. The van der Waals surface area contributed by atoms with E-state index in [9.17, 15) is 5.26 Å². The molecule has 1 atom stereocenters. The zero-order chi connectivity index (χ0) is 17.2. The topological polar surface area (TPSA) is 56.9 Å².